The third-order valence-corrected chi connectivity index (χ3v) is 3.72. The average Bonchev–Trinajstić information content (AvgIpc) is 2.61. The molecular formula is C19H12F4N2. The summed E-state index contributed by atoms with van der Waals surface area (Å²) in [6.07, 6.45) is 4.67. The number of rotatable bonds is 4. The zero-order valence-corrected chi connectivity index (χ0v) is 12.9. The van der Waals surface area contributed by atoms with Crippen LogP contribution in [0.3, 0.4) is 0 Å². The Balaban J connectivity index is 2.01. The van der Waals surface area contributed by atoms with Gasteiger partial charge in [-0.05, 0) is 23.8 Å². The van der Waals surface area contributed by atoms with Gasteiger partial charge in [0.25, 0.3) is 0 Å². The fourth-order valence-corrected chi connectivity index (χ4v) is 2.37. The van der Waals surface area contributed by atoms with Crippen LogP contribution < -0.4 is 0 Å². The van der Waals surface area contributed by atoms with Gasteiger partial charge in [0.05, 0.1) is 5.56 Å². The van der Waals surface area contributed by atoms with Crippen LogP contribution in [0.1, 0.15) is 11.1 Å². The number of benzene rings is 2. The zero-order valence-electron chi connectivity index (χ0n) is 12.9. The van der Waals surface area contributed by atoms with Gasteiger partial charge in [-0.1, -0.05) is 24.8 Å². The summed E-state index contributed by atoms with van der Waals surface area (Å²) in [5, 5.41) is 0. The first-order valence-corrected chi connectivity index (χ1v) is 7.32. The predicted molar refractivity (Wildman–Crippen MR) is 87.7 cm³/mol. The van der Waals surface area contributed by atoms with E-state index in [-0.39, 0.29) is 11.1 Å². The Labute approximate surface area is 141 Å². The Morgan fingerprint density at radius 2 is 1.48 bits per heavy atom. The van der Waals surface area contributed by atoms with E-state index in [1.54, 1.807) is 24.5 Å². The van der Waals surface area contributed by atoms with Crippen molar-refractivity contribution in [2.24, 2.45) is 0 Å². The third-order valence-electron chi connectivity index (χ3n) is 3.72. The van der Waals surface area contributed by atoms with E-state index in [4.69, 9.17) is 0 Å². The summed E-state index contributed by atoms with van der Waals surface area (Å²) < 4.78 is 54.4. The molecule has 0 atom stereocenters. The van der Waals surface area contributed by atoms with Gasteiger partial charge in [-0.25, -0.2) is 27.5 Å². The molecule has 0 spiro atoms. The van der Waals surface area contributed by atoms with Crippen LogP contribution in [0.25, 0.3) is 28.6 Å². The zero-order chi connectivity index (χ0) is 18.0. The van der Waals surface area contributed by atoms with Gasteiger partial charge in [-0.3, -0.25) is 0 Å². The van der Waals surface area contributed by atoms with Gasteiger partial charge in [-0.15, -0.1) is 0 Å². The fraction of sp³-hybridized carbons (Fsp3) is 0.0526. The second-order valence-electron chi connectivity index (χ2n) is 5.29. The van der Waals surface area contributed by atoms with Crippen LogP contribution in [0.5, 0.6) is 0 Å². The highest BCUT2D eigenvalue weighted by atomic mass is 19.1. The van der Waals surface area contributed by atoms with Gasteiger partial charge in [0.2, 0.25) is 0 Å². The van der Waals surface area contributed by atoms with Gasteiger partial charge in [-0.2, -0.15) is 0 Å². The molecule has 126 valence electrons. The molecule has 0 N–H and O–H groups in total. The average molecular weight is 344 g/mol. The van der Waals surface area contributed by atoms with Gasteiger partial charge in [0, 0.05) is 29.1 Å². The number of aromatic nitrogens is 2. The van der Waals surface area contributed by atoms with Crippen molar-refractivity contribution in [2.45, 2.75) is 6.67 Å². The molecule has 0 amide bonds. The largest absolute Gasteiger partial charge is 0.246 e. The molecule has 25 heavy (non-hydrogen) atoms. The molecule has 3 aromatic rings. The minimum Gasteiger partial charge on any atom is -0.246 e. The molecule has 0 saturated carbocycles. The lowest BCUT2D eigenvalue weighted by Crippen LogP contribution is -1.96. The van der Waals surface area contributed by atoms with Crippen molar-refractivity contribution < 1.29 is 17.6 Å². The Morgan fingerprint density at radius 1 is 0.880 bits per heavy atom. The molecular weight excluding hydrogens is 332 g/mol. The molecule has 0 fully saturated rings. The quantitative estimate of drug-likeness (QED) is 0.597. The van der Waals surface area contributed by atoms with Crippen LogP contribution in [0.2, 0.25) is 0 Å². The minimum absolute atomic E-state index is 0.00494. The molecule has 0 aliphatic carbocycles. The minimum atomic E-state index is -1.27. The maximum Gasteiger partial charge on any atom is 0.159 e. The molecule has 2 aromatic carbocycles. The lowest BCUT2D eigenvalue weighted by atomic mass is 10.0. The van der Waals surface area contributed by atoms with E-state index in [9.17, 15) is 17.6 Å². The summed E-state index contributed by atoms with van der Waals surface area (Å²) in [6.45, 7) is 2.33. The summed E-state index contributed by atoms with van der Waals surface area (Å²) in [6, 6.07) is 5.91. The Morgan fingerprint density at radius 3 is 2.00 bits per heavy atom. The van der Waals surface area contributed by atoms with E-state index in [1.165, 1.54) is 12.1 Å². The summed E-state index contributed by atoms with van der Waals surface area (Å²) in [5.74, 6) is -2.49. The molecule has 3 rings (SSSR count). The molecule has 1 aromatic heterocycles. The number of hydrogen-bond donors (Lipinski definition) is 0. The molecule has 6 heteroatoms. The van der Waals surface area contributed by atoms with Crippen molar-refractivity contribution in [3.05, 3.63) is 77.9 Å². The van der Waals surface area contributed by atoms with E-state index in [0.29, 0.717) is 11.4 Å². The molecule has 0 unspecified atom stereocenters. The maximum atomic E-state index is 14.4. The maximum absolute atomic E-state index is 14.4. The highest BCUT2D eigenvalue weighted by Crippen LogP contribution is 2.29. The standard InChI is InChI=1S/C19H12F4N2/c1-2-11-9-24-19(25-10-11)12-3-4-14(16(21)5-12)13-6-17(22)15(8-20)18(23)7-13/h2-7,9-10H,1,8H2. The van der Waals surface area contributed by atoms with Crippen LogP contribution in [0.4, 0.5) is 17.6 Å². The molecule has 0 aliphatic rings. The smallest absolute Gasteiger partial charge is 0.159 e. The lowest BCUT2D eigenvalue weighted by molar-refractivity contribution is 0.440. The van der Waals surface area contributed by atoms with E-state index in [0.717, 1.165) is 17.7 Å². The van der Waals surface area contributed by atoms with Crippen molar-refractivity contribution in [3.63, 3.8) is 0 Å². The number of hydrogen-bond acceptors (Lipinski definition) is 2. The Hall–Kier alpha value is -3.02. The Bertz CT molecular complexity index is 914. The van der Waals surface area contributed by atoms with Crippen molar-refractivity contribution in [3.8, 4) is 22.5 Å². The molecule has 0 aliphatic heterocycles. The molecule has 0 saturated heterocycles. The Kier molecular flexibility index (Phi) is 4.61. The topological polar surface area (TPSA) is 25.8 Å². The summed E-state index contributed by atoms with van der Waals surface area (Å²) in [5.41, 5.74) is 0.447. The van der Waals surface area contributed by atoms with Crippen molar-refractivity contribution >= 4 is 6.08 Å². The summed E-state index contributed by atoms with van der Waals surface area (Å²) in [7, 11) is 0. The number of alkyl halides is 1. The van der Waals surface area contributed by atoms with Gasteiger partial charge in [0.1, 0.15) is 24.1 Å². The molecule has 0 radical (unpaired) electrons. The van der Waals surface area contributed by atoms with E-state index in [2.05, 4.69) is 16.5 Å². The van der Waals surface area contributed by atoms with Crippen LogP contribution >= 0.6 is 0 Å². The first-order chi connectivity index (χ1) is 12.0. The van der Waals surface area contributed by atoms with E-state index >= 15 is 0 Å². The molecule has 0 bridgehead atoms. The van der Waals surface area contributed by atoms with Crippen molar-refractivity contribution in [1.82, 2.24) is 9.97 Å². The molecule has 1 heterocycles. The van der Waals surface area contributed by atoms with Crippen molar-refractivity contribution in [1.29, 1.82) is 0 Å². The monoisotopic (exact) mass is 344 g/mol. The third kappa shape index (κ3) is 3.28. The van der Waals surface area contributed by atoms with E-state index in [1.807, 2.05) is 0 Å². The number of nitrogens with zero attached hydrogens (tertiary/aromatic N) is 2. The van der Waals surface area contributed by atoms with Crippen LogP contribution in [-0.2, 0) is 6.67 Å². The summed E-state index contributed by atoms with van der Waals surface area (Å²) in [4.78, 5) is 8.21. The van der Waals surface area contributed by atoms with E-state index < -0.39 is 29.7 Å². The second-order valence-corrected chi connectivity index (χ2v) is 5.29. The second kappa shape index (κ2) is 6.84. The first-order valence-electron chi connectivity index (χ1n) is 7.32. The lowest BCUT2D eigenvalue weighted by Gasteiger charge is -2.08. The van der Waals surface area contributed by atoms with Gasteiger partial charge >= 0.3 is 0 Å². The first kappa shape index (κ1) is 16.8. The normalized spacial score (nSPS) is 10.7. The highest BCUT2D eigenvalue weighted by molar-refractivity contribution is 5.69. The van der Waals surface area contributed by atoms with Crippen LogP contribution in [0, 0.1) is 17.5 Å². The predicted octanol–water partition coefficient (Wildman–Crippen LogP) is 5.34. The van der Waals surface area contributed by atoms with Gasteiger partial charge < -0.3 is 0 Å². The summed E-state index contributed by atoms with van der Waals surface area (Å²) >= 11 is 0. The highest BCUT2D eigenvalue weighted by Gasteiger charge is 2.15. The molecule has 2 nitrogen and oxygen atoms in total. The van der Waals surface area contributed by atoms with Crippen LogP contribution in [-0.4, -0.2) is 9.97 Å². The van der Waals surface area contributed by atoms with Gasteiger partial charge in [0.15, 0.2) is 5.82 Å². The number of halogens is 4. The van der Waals surface area contributed by atoms with Crippen LogP contribution in [0.15, 0.2) is 49.3 Å². The van der Waals surface area contributed by atoms with Crippen molar-refractivity contribution in [2.75, 3.05) is 0 Å². The fourth-order valence-electron chi connectivity index (χ4n) is 2.37. The SMILES string of the molecule is C=Cc1cnc(-c2ccc(-c3cc(F)c(CF)c(F)c3)c(F)c2)nc1.